The van der Waals surface area contributed by atoms with Crippen LogP contribution in [0.15, 0.2) is 42.5 Å². The molecule has 0 bridgehead atoms. The third-order valence-electron chi connectivity index (χ3n) is 6.40. The standard InChI is InChI=1S/C25H27F7N2O/c1-15(18-11-20(24(27,28)29)14-21(12-18)25(30,31)32)34-23(35)13-19(17-6-8-33-9-7-17)10-16-2-4-22(26)5-3-16/h2-5,11-12,14-15,17,19,33H,6-10,13H2,1H3,(H,34,35)/t15-,19?/m0/s1. The summed E-state index contributed by atoms with van der Waals surface area (Å²) >= 11 is 0. The van der Waals surface area contributed by atoms with Gasteiger partial charge >= 0.3 is 12.4 Å². The molecule has 2 aromatic carbocycles. The van der Waals surface area contributed by atoms with E-state index < -0.39 is 35.4 Å². The largest absolute Gasteiger partial charge is 0.416 e. The first kappa shape index (κ1) is 27.0. The molecule has 2 aromatic rings. The number of amides is 1. The average Bonchev–Trinajstić information content (AvgIpc) is 2.79. The zero-order valence-corrected chi connectivity index (χ0v) is 19.1. The minimum Gasteiger partial charge on any atom is -0.350 e. The number of carbonyl (C=O) groups is 1. The third kappa shape index (κ3) is 7.68. The van der Waals surface area contributed by atoms with Gasteiger partial charge in [-0.3, -0.25) is 4.79 Å². The van der Waals surface area contributed by atoms with Crippen molar-refractivity contribution in [2.45, 2.75) is 51.0 Å². The summed E-state index contributed by atoms with van der Waals surface area (Å²) < 4.78 is 92.4. The molecule has 10 heteroatoms. The molecule has 1 heterocycles. The summed E-state index contributed by atoms with van der Waals surface area (Å²) in [6.45, 7) is 2.92. The number of benzene rings is 2. The van der Waals surface area contributed by atoms with E-state index in [1.54, 1.807) is 12.1 Å². The molecule has 0 aliphatic carbocycles. The summed E-state index contributed by atoms with van der Waals surface area (Å²) in [5.41, 5.74) is -2.28. The number of nitrogens with one attached hydrogen (secondary N) is 2. The molecule has 0 aromatic heterocycles. The van der Waals surface area contributed by atoms with Crippen LogP contribution in [0.4, 0.5) is 30.7 Å². The van der Waals surface area contributed by atoms with Gasteiger partial charge in [0.25, 0.3) is 0 Å². The van der Waals surface area contributed by atoms with Crippen LogP contribution in [0.25, 0.3) is 0 Å². The molecule has 1 saturated heterocycles. The van der Waals surface area contributed by atoms with Crippen LogP contribution in [-0.4, -0.2) is 19.0 Å². The summed E-state index contributed by atoms with van der Waals surface area (Å²) in [5.74, 6) is -0.748. The first-order valence-corrected chi connectivity index (χ1v) is 11.4. The van der Waals surface area contributed by atoms with E-state index in [1.807, 2.05) is 0 Å². The van der Waals surface area contributed by atoms with Gasteiger partial charge in [-0.15, -0.1) is 0 Å². The van der Waals surface area contributed by atoms with Crippen LogP contribution in [-0.2, 0) is 23.6 Å². The Balaban J connectivity index is 1.76. The van der Waals surface area contributed by atoms with Gasteiger partial charge in [-0.1, -0.05) is 12.1 Å². The number of alkyl halides is 6. The van der Waals surface area contributed by atoms with Crippen molar-refractivity contribution >= 4 is 5.91 Å². The van der Waals surface area contributed by atoms with E-state index in [0.29, 0.717) is 18.6 Å². The molecule has 3 rings (SSSR count). The predicted octanol–water partition coefficient (Wildman–Crippen LogP) is 6.29. The summed E-state index contributed by atoms with van der Waals surface area (Å²) in [7, 11) is 0. The lowest BCUT2D eigenvalue weighted by Gasteiger charge is -2.31. The fraction of sp³-hybridized carbons (Fsp3) is 0.480. The maximum absolute atomic E-state index is 13.3. The molecule has 35 heavy (non-hydrogen) atoms. The second-order valence-corrected chi connectivity index (χ2v) is 9.01. The number of carbonyl (C=O) groups excluding carboxylic acids is 1. The van der Waals surface area contributed by atoms with Crippen molar-refractivity contribution in [2.75, 3.05) is 13.1 Å². The van der Waals surface area contributed by atoms with E-state index in [2.05, 4.69) is 10.6 Å². The van der Waals surface area contributed by atoms with Crippen molar-refractivity contribution in [1.82, 2.24) is 10.6 Å². The second-order valence-electron chi connectivity index (χ2n) is 9.01. The molecular formula is C25H27F7N2O. The van der Waals surface area contributed by atoms with Crippen LogP contribution in [0.2, 0.25) is 0 Å². The normalized spacial score (nSPS) is 17.1. The molecule has 1 aliphatic heterocycles. The maximum Gasteiger partial charge on any atom is 0.416 e. The Kier molecular flexibility index (Phi) is 8.46. The molecule has 2 atom stereocenters. The van der Waals surface area contributed by atoms with Gasteiger partial charge < -0.3 is 10.6 Å². The fourth-order valence-corrected chi connectivity index (χ4v) is 4.50. The molecule has 1 fully saturated rings. The highest BCUT2D eigenvalue weighted by atomic mass is 19.4. The number of rotatable bonds is 7. The fourth-order valence-electron chi connectivity index (χ4n) is 4.50. The lowest BCUT2D eigenvalue weighted by molar-refractivity contribution is -0.143. The van der Waals surface area contributed by atoms with Gasteiger partial charge in [-0.05, 0) is 92.6 Å². The van der Waals surface area contributed by atoms with Crippen LogP contribution < -0.4 is 10.6 Å². The average molecular weight is 504 g/mol. The maximum atomic E-state index is 13.3. The highest BCUT2D eigenvalue weighted by Crippen LogP contribution is 2.37. The number of piperidine rings is 1. The van der Waals surface area contributed by atoms with Crippen molar-refractivity contribution in [2.24, 2.45) is 11.8 Å². The molecule has 2 N–H and O–H groups in total. The molecular weight excluding hydrogens is 477 g/mol. The first-order chi connectivity index (χ1) is 16.3. The van der Waals surface area contributed by atoms with Crippen LogP contribution in [0.3, 0.4) is 0 Å². The molecule has 0 spiro atoms. The van der Waals surface area contributed by atoms with Crippen LogP contribution in [0.1, 0.15) is 54.5 Å². The molecule has 192 valence electrons. The molecule has 0 saturated carbocycles. The van der Waals surface area contributed by atoms with Gasteiger partial charge in [0.15, 0.2) is 0 Å². The zero-order chi connectivity index (χ0) is 25.8. The number of halogens is 7. The highest BCUT2D eigenvalue weighted by Gasteiger charge is 2.37. The molecule has 1 unspecified atom stereocenters. The summed E-state index contributed by atoms with van der Waals surface area (Å²) in [4.78, 5) is 12.9. The van der Waals surface area contributed by atoms with Gasteiger partial charge in [-0.2, -0.15) is 26.3 Å². The Bertz CT molecular complexity index is 964. The smallest absolute Gasteiger partial charge is 0.350 e. The lowest BCUT2D eigenvalue weighted by atomic mass is 9.79. The van der Waals surface area contributed by atoms with Crippen LogP contribution >= 0.6 is 0 Å². The first-order valence-electron chi connectivity index (χ1n) is 11.4. The van der Waals surface area contributed by atoms with Gasteiger partial charge in [0.2, 0.25) is 5.91 Å². The number of hydrogen-bond acceptors (Lipinski definition) is 2. The van der Waals surface area contributed by atoms with Crippen molar-refractivity contribution in [1.29, 1.82) is 0 Å². The second kappa shape index (κ2) is 11.0. The van der Waals surface area contributed by atoms with Crippen molar-refractivity contribution in [3.8, 4) is 0 Å². The van der Waals surface area contributed by atoms with Crippen LogP contribution in [0, 0.1) is 17.7 Å². The van der Waals surface area contributed by atoms with Gasteiger partial charge in [0.05, 0.1) is 17.2 Å². The van der Waals surface area contributed by atoms with E-state index in [1.165, 1.54) is 19.1 Å². The monoisotopic (exact) mass is 504 g/mol. The summed E-state index contributed by atoms with van der Waals surface area (Å²) in [6, 6.07) is 6.22. The van der Waals surface area contributed by atoms with Crippen molar-refractivity contribution in [3.05, 3.63) is 70.5 Å². The summed E-state index contributed by atoms with van der Waals surface area (Å²) in [6.07, 6.45) is -7.70. The van der Waals surface area contributed by atoms with Gasteiger partial charge in [-0.25, -0.2) is 4.39 Å². The Hall–Kier alpha value is -2.62. The zero-order valence-electron chi connectivity index (χ0n) is 19.1. The molecule has 3 nitrogen and oxygen atoms in total. The number of hydrogen-bond donors (Lipinski definition) is 2. The minimum atomic E-state index is -4.96. The predicted molar refractivity (Wildman–Crippen MR) is 117 cm³/mol. The minimum absolute atomic E-state index is 0.0530. The topological polar surface area (TPSA) is 41.1 Å². The van der Waals surface area contributed by atoms with E-state index >= 15 is 0 Å². The van der Waals surface area contributed by atoms with E-state index in [0.717, 1.165) is 31.5 Å². The molecule has 0 radical (unpaired) electrons. The van der Waals surface area contributed by atoms with Crippen molar-refractivity contribution < 1.29 is 35.5 Å². The van der Waals surface area contributed by atoms with E-state index in [-0.39, 0.29) is 35.7 Å². The molecule has 1 aliphatic rings. The van der Waals surface area contributed by atoms with E-state index in [9.17, 15) is 35.5 Å². The lowest BCUT2D eigenvalue weighted by Crippen LogP contribution is -2.36. The summed E-state index contributed by atoms with van der Waals surface area (Å²) in [5, 5.41) is 5.82. The Morgan fingerprint density at radius 2 is 1.51 bits per heavy atom. The Morgan fingerprint density at radius 3 is 2.03 bits per heavy atom. The molecule has 1 amide bonds. The Morgan fingerprint density at radius 1 is 0.971 bits per heavy atom. The SMILES string of the molecule is C[C@H](NC(=O)CC(Cc1ccc(F)cc1)C1CCNCC1)c1cc(C(F)(F)F)cc(C(F)(F)F)c1. The quantitative estimate of drug-likeness (QED) is 0.436. The third-order valence-corrected chi connectivity index (χ3v) is 6.40. The van der Waals surface area contributed by atoms with E-state index in [4.69, 9.17) is 0 Å². The van der Waals surface area contributed by atoms with Gasteiger partial charge in [0.1, 0.15) is 5.82 Å². The van der Waals surface area contributed by atoms with Gasteiger partial charge in [0, 0.05) is 6.42 Å². The Labute approximate surface area is 199 Å². The van der Waals surface area contributed by atoms with Crippen LogP contribution in [0.5, 0.6) is 0 Å². The van der Waals surface area contributed by atoms with Crippen molar-refractivity contribution in [3.63, 3.8) is 0 Å². The highest BCUT2D eigenvalue weighted by molar-refractivity contribution is 5.76.